The molecule has 0 aliphatic heterocycles. The zero-order valence-corrected chi connectivity index (χ0v) is 17.9. The Hall–Kier alpha value is -1.76. The van der Waals surface area contributed by atoms with Gasteiger partial charge in [0, 0.05) is 0 Å². The van der Waals surface area contributed by atoms with Crippen LogP contribution in [0.3, 0.4) is 0 Å². The third-order valence-electron chi connectivity index (χ3n) is 3.93. The quantitative estimate of drug-likeness (QED) is 0.750. The second-order valence-electron chi connectivity index (χ2n) is 7.22. The lowest BCUT2D eigenvalue weighted by Crippen LogP contribution is -2.37. The van der Waals surface area contributed by atoms with Crippen LogP contribution in [-0.2, 0) is 20.2 Å². The van der Waals surface area contributed by atoms with E-state index in [2.05, 4.69) is 26.1 Å². The average Bonchev–Trinajstić information content (AvgIpc) is 2.55. The second kappa shape index (κ2) is 8.09. The second-order valence-corrected chi connectivity index (χ2v) is 9.91. The molecule has 0 aliphatic carbocycles. The molecule has 0 aromatic heterocycles. The van der Waals surface area contributed by atoms with Gasteiger partial charge in [0.05, 0.1) is 27.7 Å². The molecule has 146 valence electrons. The van der Waals surface area contributed by atoms with Gasteiger partial charge < -0.3 is 5.32 Å². The molecule has 27 heavy (non-hydrogen) atoms. The van der Waals surface area contributed by atoms with Crippen molar-refractivity contribution in [1.29, 1.82) is 0 Å². The molecule has 2 aromatic carbocycles. The molecule has 0 saturated heterocycles. The SMILES string of the molecule is CC(C)(C)c1ccc(N(CC(=O)Nc2cccc(Cl)c2Cl)S(C)(=O)=O)cc1. The van der Waals surface area contributed by atoms with Crippen LogP contribution in [0.4, 0.5) is 11.4 Å². The average molecular weight is 429 g/mol. The Morgan fingerprint density at radius 1 is 1.07 bits per heavy atom. The number of anilines is 2. The minimum Gasteiger partial charge on any atom is -0.323 e. The van der Waals surface area contributed by atoms with Crippen LogP contribution in [0.1, 0.15) is 26.3 Å². The number of carbonyl (C=O) groups is 1. The number of benzene rings is 2. The Balaban J connectivity index is 2.25. The summed E-state index contributed by atoms with van der Waals surface area (Å²) >= 11 is 12.0. The number of nitrogens with zero attached hydrogens (tertiary/aromatic N) is 1. The van der Waals surface area contributed by atoms with E-state index in [1.54, 1.807) is 30.3 Å². The van der Waals surface area contributed by atoms with E-state index in [1.165, 1.54) is 0 Å². The standard InChI is InChI=1S/C19H22Cl2N2O3S/c1-19(2,3)13-8-10-14(11-9-13)23(27(4,25)26)12-17(24)22-16-7-5-6-15(20)18(16)21/h5-11H,12H2,1-4H3,(H,22,24). The summed E-state index contributed by atoms with van der Waals surface area (Å²) in [5, 5.41) is 3.10. The lowest BCUT2D eigenvalue weighted by molar-refractivity contribution is -0.114. The monoisotopic (exact) mass is 428 g/mol. The van der Waals surface area contributed by atoms with E-state index in [9.17, 15) is 13.2 Å². The number of amides is 1. The molecule has 0 saturated carbocycles. The van der Waals surface area contributed by atoms with Crippen molar-refractivity contribution in [2.45, 2.75) is 26.2 Å². The zero-order valence-electron chi connectivity index (χ0n) is 15.6. The van der Waals surface area contributed by atoms with Crippen molar-refractivity contribution in [3.63, 3.8) is 0 Å². The third-order valence-corrected chi connectivity index (χ3v) is 5.89. The lowest BCUT2D eigenvalue weighted by atomic mass is 9.87. The maximum atomic E-state index is 12.4. The summed E-state index contributed by atoms with van der Waals surface area (Å²) in [6.45, 7) is 5.83. The number of nitrogens with one attached hydrogen (secondary N) is 1. The first kappa shape index (κ1) is 21.5. The summed E-state index contributed by atoms with van der Waals surface area (Å²) in [6.07, 6.45) is 1.06. The summed E-state index contributed by atoms with van der Waals surface area (Å²) in [5.74, 6) is -0.524. The zero-order chi connectivity index (χ0) is 20.4. The fourth-order valence-electron chi connectivity index (χ4n) is 2.45. The Bertz CT molecular complexity index is 936. The highest BCUT2D eigenvalue weighted by Gasteiger charge is 2.22. The van der Waals surface area contributed by atoms with Crippen molar-refractivity contribution in [3.05, 3.63) is 58.1 Å². The number of rotatable bonds is 5. The molecule has 2 aromatic rings. The van der Waals surface area contributed by atoms with Gasteiger partial charge in [-0.2, -0.15) is 0 Å². The first-order chi connectivity index (χ1) is 12.4. The van der Waals surface area contributed by atoms with Crippen LogP contribution in [-0.4, -0.2) is 27.1 Å². The van der Waals surface area contributed by atoms with Crippen LogP contribution in [0, 0.1) is 0 Å². The molecule has 0 spiro atoms. The van der Waals surface area contributed by atoms with Crippen molar-refractivity contribution in [1.82, 2.24) is 0 Å². The van der Waals surface area contributed by atoms with Crippen molar-refractivity contribution < 1.29 is 13.2 Å². The van der Waals surface area contributed by atoms with Crippen molar-refractivity contribution >= 4 is 50.5 Å². The lowest BCUT2D eigenvalue weighted by Gasteiger charge is -2.24. The van der Waals surface area contributed by atoms with Crippen LogP contribution in [0.2, 0.25) is 10.0 Å². The van der Waals surface area contributed by atoms with Crippen LogP contribution in [0.15, 0.2) is 42.5 Å². The normalized spacial score (nSPS) is 11.9. The van der Waals surface area contributed by atoms with Crippen LogP contribution >= 0.6 is 23.2 Å². The Labute approximate surface area is 170 Å². The molecule has 0 radical (unpaired) electrons. The molecular weight excluding hydrogens is 407 g/mol. The molecule has 0 atom stereocenters. The third kappa shape index (κ3) is 5.61. The van der Waals surface area contributed by atoms with Crippen LogP contribution < -0.4 is 9.62 Å². The Morgan fingerprint density at radius 2 is 1.67 bits per heavy atom. The summed E-state index contributed by atoms with van der Waals surface area (Å²) < 4.78 is 25.5. The molecule has 1 N–H and O–H groups in total. The molecule has 0 heterocycles. The fourth-order valence-corrected chi connectivity index (χ4v) is 3.65. The summed E-state index contributed by atoms with van der Waals surface area (Å²) in [7, 11) is -3.66. The number of sulfonamides is 1. The summed E-state index contributed by atoms with van der Waals surface area (Å²) in [6, 6.07) is 11.9. The van der Waals surface area contributed by atoms with Gasteiger partial charge >= 0.3 is 0 Å². The van der Waals surface area contributed by atoms with Gasteiger partial charge in [0.25, 0.3) is 0 Å². The van der Waals surface area contributed by atoms with Gasteiger partial charge in [0.15, 0.2) is 0 Å². The highest BCUT2D eigenvalue weighted by Crippen LogP contribution is 2.30. The number of hydrogen-bond acceptors (Lipinski definition) is 3. The smallest absolute Gasteiger partial charge is 0.245 e. The predicted molar refractivity (Wildman–Crippen MR) is 112 cm³/mol. The number of hydrogen-bond donors (Lipinski definition) is 1. The first-order valence-electron chi connectivity index (χ1n) is 8.22. The summed E-state index contributed by atoms with van der Waals surface area (Å²) in [4.78, 5) is 12.4. The number of carbonyl (C=O) groups excluding carboxylic acids is 1. The molecule has 2 rings (SSSR count). The molecule has 8 heteroatoms. The fraction of sp³-hybridized carbons (Fsp3) is 0.316. The van der Waals surface area contributed by atoms with Crippen LogP contribution in [0.25, 0.3) is 0 Å². The van der Waals surface area contributed by atoms with E-state index in [1.807, 2.05) is 12.1 Å². The Morgan fingerprint density at radius 3 is 2.19 bits per heavy atom. The van der Waals surface area contributed by atoms with Crippen LogP contribution in [0.5, 0.6) is 0 Å². The molecule has 0 unspecified atom stereocenters. The van der Waals surface area contributed by atoms with Crippen molar-refractivity contribution in [3.8, 4) is 0 Å². The Kier molecular flexibility index (Phi) is 6.45. The molecule has 1 amide bonds. The maximum absolute atomic E-state index is 12.4. The minimum absolute atomic E-state index is 0.0604. The van der Waals surface area contributed by atoms with Gasteiger partial charge in [-0.1, -0.05) is 62.2 Å². The van der Waals surface area contributed by atoms with E-state index in [4.69, 9.17) is 23.2 Å². The maximum Gasteiger partial charge on any atom is 0.245 e. The van der Waals surface area contributed by atoms with Gasteiger partial charge in [-0.25, -0.2) is 8.42 Å². The van der Waals surface area contributed by atoms with E-state index >= 15 is 0 Å². The molecule has 0 aliphatic rings. The van der Waals surface area contributed by atoms with Gasteiger partial charge in [0.2, 0.25) is 15.9 Å². The van der Waals surface area contributed by atoms with E-state index in [-0.39, 0.29) is 17.0 Å². The number of halogens is 2. The topological polar surface area (TPSA) is 66.5 Å². The molecule has 0 fully saturated rings. The first-order valence-corrected chi connectivity index (χ1v) is 10.8. The van der Waals surface area contributed by atoms with Gasteiger partial charge in [0.1, 0.15) is 6.54 Å². The largest absolute Gasteiger partial charge is 0.323 e. The van der Waals surface area contributed by atoms with E-state index < -0.39 is 15.9 Å². The molecular formula is C19H22Cl2N2O3S. The predicted octanol–water partition coefficient (Wildman–Crippen LogP) is 4.70. The van der Waals surface area contributed by atoms with Crippen molar-refractivity contribution in [2.75, 3.05) is 22.4 Å². The van der Waals surface area contributed by atoms with Gasteiger partial charge in [-0.05, 0) is 35.2 Å². The highest BCUT2D eigenvalue weighted by molar-refractivity contribution is 7.92. The molecule has 5 nitrogen and oxygen atoms in total. The van der Waals surface area contributed by atoms with E-state index in [0.29, 0.717) is 16.4 Å². The van der Waals surface area contributed by atoms with Gasteiger partial charge in [-0.15, -0.1) is 0 Å². The van der Waals surface area contributed by atoms with Gasteiger partial charge in [-0.3, -0.25) is 9.10 Å². The minimum atomic E-state index is -3.66. The van der Waals surface area contributed by atoms with Crippen molar-refractivity contribution in [2.24, 2.45) is 0 Å². The summed E-state index contributed by atoms with van der Waals surface area (Å²) in [5.41, 5.74) is 1.74. The highest BCUT2D eigenvalue weighted by atomic mass is 35.5. The van der Waals surface area contributed by atoms with E-state index in [0.717, 1.165) is 16.1 Å². The molecule has 0 bridgehead atoms.